The van der Waals surface area contributed by atoms with Gasteiger partial charge >= 0.3 is 0 Å². The van der Waals surface area contributed by atoms with E-state index in [1.54, 1.807) is 18.8 Å². The number of likely N-dealkylation sites (N-methyl/N-ethyl adjacent to an activating group) is 2. The molecule has 2 fully saturated rings. The van der Waals surface area contributed by atoms with Gasteiger partial charge in [0.2, 0.25) is 11.8 Å². The van der Waals surface area contributed by atoms with E-state index in [1.165, 1.54) is 24.8 Å². The quantitative estimate of drug-likeness (QED) is 0.354. The number of aliphatic imine (C=N–C) groups is 1. The molecule has 0 radical (unpaired) electrons. The van der Waals surface area contributed by atoms with E-state index in [1.807, 2.05) is 37.1 Å². The molecule has 4 rings (SSSR count). The maximum atomic E-state index is 13.0. The highest BCUT2D eigenvalue weighted by molar-refractivity contribution is 8.14. The smallest absolute Gasteiger partial charge is 0.245 e. The number of nitrogens with two attached hydrogens (primary N) is 1. The summed E-state index contributed by atoms with van der Waals surface area (Å²) in [4.78, 5) is 31.7. The van der Waals surface area contributed by atoms with Crippen molar-refractivity contribution in [3.8, 4) is 0 Å². The van der Waals surface area contributed by atoms with E-state index in [9.17, 15) is 9.59 Å². The second-order valence-electron chi connectivity index (χ2n) is 10.1. The van der Waals surface area contributed by atoms with E-state index >= 15 is 0 Å². The van der Waals surface area contributed by atoms with Crippen molar-refractivity contribution in [1.29, 1.82) is 0 Å². The van der Waals surface area contributed by atoms with Gasteiger partial charge in [-0.15, -0.1) is 0 Å². The molecule has 9 nitrogen and oxygen atoms in total. The van der Waals surface area contributed by atoms with Crippen LogP contribution in [-0.2, 0) is 9.59 Å². The summed E-state index contributed by atoms with van der Waals surface area (Å²) in [5.74, 6) is 0.355. The van der Waals surface area contributed by atoms with Gasteiger partial charge < -0.3 is 31.7 Å². The van der Waals surface area contributed by atoms with Gasteiger partial charge in [-0.1, -0.05) is 61.4 Å². The number of aliphatic hydroxyl groups is 1. The highest BCUT2D eigenvalue weighted by atomic mass is 32.2. The predicted octanol–water partition coefficient (Wildman–Crippen LogP) is 2.61. The molecule has 2 amide bonds. The van der Waals surface area contributed by atoms with Crippen LogP contribution in [0.25, 0.3) is 0 Å². The normalized spacial score (nSPS) is 24.7. The molecule has 38 heavy (non-hydrogen) atoms. The maximum Gasteiger partial charge on any atom is 0.245 e. The Kier molecular flexibility index (Phi) is 14.1. The number of rotatable bonds is 7. The van der Waals surface area contributed by atoms with E-state index in [2.05, 4.69) is 40.0 Å². The zero-order valence-electron chi connectivity index (χ0n) is 23.7. The van der Waals surface area contributed by atoms with E-state index in [0.29, 0.717) is 17.1 Å². The van der Waals surface area contributed by atoms with Crippen LogP contribution < -0.4 is 21.7 Å². The van der Waals surface area contributed by atoms with Crippen molar-refractivity contribution in [3.05, 3.63) is 35.9 Å². The van der Waals surface area contributed by atoms with Crippen LogP contribution in [0, 0.1) is 5.92 Å². The van der Waals surface area contributed by atoms with Gasteiger partial charge in [-0.2, -0.15) is 0 Å². The fraction of sp³-hybridized carbons (Fsp3) is 0.679. The molecule has 0 spiro atoms. The van der Waals surface area contributed by atoms with Gasteiger partial charge in [0.15, 0.2) is 5.17 Å². The molecule has 0 bridgehead atoms. The molecule has 10 heteroatoms. The van der Waals surface area contributed by atoms with E-state index < -0.39 is 0 Å². The zero-order chi connectivity index (χ0) is 28.1. The first kappa shape index (κ1) is 32.1. The summed E-state index contributed by atoms with van der Waals surface area (Å²) >= 11 is 1.59. The lowest BCUT2D eigenvalue weighted by Crippen LogP contribution is -2.56. The third kappa shape index (κ3) is 8.97. The van der Waals surface area contributed by atoms with Crippen LogP contribution in [-0.4, -0.2) is 78.2 Å². The van der Waals surface area contributed by atoms with Crippen LogP contribution in [0.5, 0.6) is 0 Å². The Morgan fingerprint density at radius 1 is 1.08 bits per heavy atom. The van der Waals surface area contributed by atoms with Gasteiger partial charge in [-0.05, 0) is 65.1 Å². The Labute approximate surface area is 232 Å². The third-order valence-corrected chi connectivity index (χ3v) is 8.67. The van der Waals surface area contributed by atoms with Gasteiger partial charge in [0.25, 0.3) is 0 Å². The number of nitrogens with one attached hydrogen (secondary N) is 3. The molecule has 0 aromatic heterocycles. The van der Waals surface area contributed by atoms with Crippen LogP contribution >= 0.6 is 11.8 Å². The zero-order valence-corrected chi connectivity index (χ0v) is 24.5. The van der Waals surface area contributed by atoms with Gasteiger partial charge in [0.1, 0.15) is 12.1 Å². The van der Waals surface area contributed by atoms with Crippen LogP contribution in [0.15, 0.2) is 35.3 Å². The van der Waals surface area contributed by atoms with E-state index in [-0.39, 0.29) is 35.3 Å². The predicted molar refractivity (Wildman–Crippen MR) is 157 cm³/mol. The number of thioether (sulfide) groups is 1. The number of amidine groups is 1. The van der Waals surface area contributed by atoms with E-state index in [0.717, 1.165) is 39.3 Å². The van der Waals surface area contributed by atoms with Gasteiger partial charge in [0.05, 0.1) is 11.4 Å². The average Bonchev–Trinajstić information content (AvgIpc) is 3.57. The number of benzene rings is 1. The molecule has 1 saturated carbocycles. The number of aliphatic hydroxyl groups excluding tert-OH is 1. The maximum absolute atomic E-state index is 13.0. The Bertz CT molecular complexity index is 881. The Hall–Kier alpha value is -2.14. The van der Waals surface area contributed by atoms with Crippen LogP contribution in [0.4, 0.5) is 0 Å². The number of nitrogens with zero attached hydrogens (tertiary/aromatic N) is 2. The molecular formula is C28H48N6O3S. The Morgan fingerprint density at radius 3 is 2.29 bits per heavy atom. The molecule has 4 unspecified atom stereocenters. The van der Waals surface area contributed by atoms with Gasteiger partial charge in [-0.25, -0.2) is 0 Å². The third-order valence-electron chi connectivity index (χ3n) is 7.57. The fourth-order valence-corrected chi connectivity index (χ4v) is 6.14. The molecule has 214 valence electrons. The van der Waals surface area contributed by atoms with Gasteiger partial charge in [-0.3, -0.25) is 14.6 Å². The monoisotopic (exact) mass is 548 g/mol. The van der Waals surface area contributed by atoms with Crippen LogP contribution in [0.1, 0.15) is 70.4 Å². The topological polar surface area (TPSA) is 132 Å². The van der Waals surface area contributed by atoms with Crippen molar-refractivity contribution in [2.24, 2.45) is 16.6 Å². The first-order chi connectivity index (χ1) is 18.3. The van der Waals surface area contributed by atoms with E-state index in [4.69, 9.17) is 10.8 Å². The Balaban J connectivity index is 0.000000272. The van der Waals surface area contributed by atoms with Crippen LogP contribution in [0.2, 0.25) is 0 Å². The lowest BCUT2D eigenvalue weighted by atomic mass is 9.83. The summed E-state index contributed by atoms with van der Waals surface area (Å²) in [6.07, 6.45) is 7.83. The number of amides is 2. The molecule has 1 saturated heterocycles. The van der Waals surface area contributed by atoms with Crippen molar-refractivity contribution in [3.63, 3.8) is 0 Å². The minimum atomic E-state index is -0.343. The number of carbonyl (C=O) groups is 2. The molecule has 2 heterocycles. The SMILES string of the molecule is CNC1SC(N)=NC1c1ccccc1.CN[C@@H](C)C(=O)NC(C(=O)N1CCCC1C)C1CCCCC1.CO. The molecule has 3 aliphatic rings. The molecular weight excluding hydrogens is 500 g/mol. The lowest BCUT2D eigenvalue weighted by Gasteiger charge is -2.34. The standard InChI is InChI=1S/C17H31N3O2.C10H13N3S.CH4O/c1-12-8-7-11-20(12)17(22)15(14-9-5-4-6-10-14)19-16(21)13(2)18-3;1-12-9-8(13-10(11)14-9)7-5-3-2-4-6-7;1-2/h12-15,18H,4-11H2,1-3H3,(H,19,21);2-6,8-9,12H,1H3,(H2,11,13);2H,1H3/t12?,13-,15?;;/m0../s1. The first-order valence-electron chi connectivity index (χ1n) is 13.8. The second-order valence-corrected chi connectivity index (χ2v) is 11.2. The highest BCUT2D eigenvalue weighted by Gasteiger charge is 2.37. The summed E-state index contributed by atoms with van der Waals surface area (Å²) in [7, 11) is 4.70. The second kappa shape index (κ2) is 16.7. The molecule has 1 aliphatic carbocycles. The minimum absolute atomic E-state index is 0.0710. The molecule has 1 aromatic carbocycles. The summed E-state index contributed by atoms with van der Waals surface area (Å²) in [6, 6.07) is 10.1. The summed E-state index contributed by atoms with van der Waals surface area (Å²) in [6.45, 7) is 4.78. The lowest BCUT2D eigenvalue weighted by molar-refractivity contribution is -0.139. The van der Waals surface area contributed by atoms with Crippen molar-refractivity contribution in [1.82, 2.24) is 20.9 Å². The fourth-order valence-electron chi connectivity index (χ4n) is 5.24. The van der Waals surface area contributed by atoms with Crippen molar-refractivity contribution >= 4 is 28.7 Å². The largest absolute Gasteiger partial charge is 0.400 e. The number of carbonyl (C=O) groups excluding carboxylic acids is 2. The molecule has 5 atom stereocenters. The number of hydrogen-bond acceptors (Lipinski definition) is 8. The summed E-state index contributed by atoms with van der Waals surface area (Å²) in [5.41, 5.74) is 6.91. The summed E-state index contributed by atoms with van der Waals surface area (Å²) < 4.78 is 0. The first-order valence-corrected chi connectivity index (χ1v) is 14.7. The van der Waals surface area contributed by atoms with Crippen molar-refractivity contribution in [2.45, 2.75) is 88.3 Å². The number of hydrogen-bond donors (Lipinski definition) is 5. The van der Waals surface area contributed by atoms with Crippen molar-refractivity contribution in [2.75, 3.05) is 27.7 Å². The molecule has 1 aromatic rings. The van der Waals surface area contributed by atoms with Crippen LogP contribution in [0.3, 0.4) is 0 Å². The highest BCUT2D eigenvalue weighted by Crippen LogP contribution is 2.34. The molecule has 2 aliphatic heterocycles. The minimum Gasteiger partial charge on any atom is -0.400 e. The van der Waals surface area contributed by atoms with Gasteiger partial charge in [0, 0.05) is 19.7 Å². The average molecular weight is 549 g/mol. The molecule has 6 N–H and O–H groups in total. The van der Waals surface area contributed by atoms with Crippen molar-refractivity contribution < 1.29 is 14.7 Å². The number of likely N-dealkylation sites (tertiary alicyclic amines) is 1. The summed E-state index contributed by atoms with van der Waals surface area (Å²) in [5, 5.41) is 17.1. The Morgan fingerprint density at radius 2 is 1.74 bits per heavy atom.